The van der Waals surface area contributed by atoms with Crippen LogP contribution in [0.4, 0.5) is 5.69 Å². The quantitative estimate of drug-likeness (QED) is 0.637. The van der Waals surface area contributed by atoms with Crippen molar-refractivity contribution in [2.24, 2.45) is 0 Å². The second-order valence-electron chi connectivity index (χ2n) is 4.40. The van der Waals surface area contributed by atoms with E-state index in [4.69, 9.17) is 0 Å². The van der Waals surface area contributed by atoms with Gasteiger partial charge in [-0.1, -0.05) is 30.3 Å². The molecule has 0 saturated carbocycles. The van der Waals surface area contributed by atoms with Crippen molar-refractivity contribution in [1.29, 1.82) is 0 Å². The molecule has 4 heteroatoms. The largest absolute Gasteiger partial charge is 0.504 e. The number of aliphatic hydroxyl groups is 1. The molecule has 19 heavy (non-hydrogen) atoms. The van der Waals surface area contributed by atoms with Crippen LogP contribution in [0.2, 0.25) is 0 Å². The Hall–Kier alpha value is -2.20. The lowest BCUT2D eigenvalue weighted by Crippen LogP contribution is -2.04. The third kappa shape index (κ3) is 2.98. The standard InChI is InChI=1S/C15H17NO3/c1-10(17)12-6-2-3-7-13(12)16-9-11-5-4-8-14(18)15(11)19/h2-8,10,16-19H,9H2,1H3. The Labute approximate surface area is 112 Å². The highest BCUT2D eigenvalue weighted by molar-refractivity contribution is 5.53. The summed E-state index contributed by atoms with van der Waals surface area (Å²) in [5, 5.41) is 32.0. The molecule has 4 nitrogen and oxygen atoms in total. The van der Waals surface area contributed by atoms with Gasteiger partial charge < -0.3 is 20.6 Å². The SMILES string of the molecule is CC(O)c1ccccc1NCc1cccc(O)c1O. The molecule has 0 saturated heterocycles. The second-order valence-corrected chi connectivity index (χ2v) is 4.40. The number of hydrogen-bond acceptors (Lipinski definition) is 4. The van der Waals surface area contributed by atoms with E-state index in [-0.39, 0.29) is 11.5 Å². The molecule has 0 aromatic heterocycles. The Morgan fingerprint density at radius 2 is 1.79 bits per heavy atom. The van der Waals surface area contributed by atoms with Crippen LogP contribution in [-0.4, -0.2) is 15.3 Å². The van der Waals surface area contributed by atoms with Gasteiger partial charge in [0.15, 0.2) is 11.5 Å². The van der Waals surface area contributed by atoms with Crippen molar-refractivity contribution < 1.29 is 15.3 Å². The molecule has 0 radical (unpaired) electrons. The van der Waals surface area contributed by atoms with Crippen molar-refractivity contribution in [2.75, 3.05) is 5.32 Å². The summed E-state index contributed by atoms with van der Waals surface area (Å²) in [6, 6.07) is 12.3. The first kappa shape index (κ1) is 13.2. The fraction of sp³-hybridized carbons (Fsp3) is 0.200. The Morgan fingerprint density at radius 1 is 1.05 bits per heavy atom. The third-order valence-electron chi connectivity index (χ3n) is 2.98. The van der Waals surface area contributed by atoms with Crippen LogP contribution in [0.3, 0.4) is 0 Å². The maximum absolute atomic E-state index is 9.71. The number of para-hydroxylation sites is 2. The first-order valence-electron chi connectivity index (χ1n) is 6.10. The Morgan fingerprint density at radius 3 is 2.53 bits per heavy atom. The Balaban J connectivity index is 2.17. The zero-order valence-electron chi connectivity index (χ0n) is 10.7. The van der Waals surface area contributed by atoms with Gasteiger partial charge in [-0.25, -0.2) is 0 Å². The highest BCUT2D eigenvalue weighted by Crippen LogP contribution is 2.29. The molecule has 0 aliphatic carbocycles. The van der Waals surface area contributed by atoms with Gasteiger partial charge in [-0.15, -0.1) is 0 Å². The summed E-state index contributed by atoms with van der Waals surface area (Å²) in [5.74, 6) is -0.257. The zero-order chi connectivity index (χ0) is 13.8. The molecule has 0 heterocycles. The average molecular weight is 259 g/mol. The molecule has 0 fully saturated rings. The predicted octanol–water partition coefficient (Wildman–Crippen LogP) is 2.76. The minimum atomic E-state index is -0.568. The van der Waals surface area contributed by atoms with Crippen molar-refractivity contribution >= 4 is 5.69 Å². The van der Waals surface area contributed by atoms with E-state index >= 15 is 0 Å². The first-order chi connectivity index (χ1) is 9.09. The maximum atomic E-state index is 9.71. The second kappa shape index (κ2) is 5.63. The van der Waals surface area contributed by atoms with Gasteiger partial charge in [0.2, 0.25) is 0 Å². The van der Waals surface area contributed by atoms with Crippen molar-refractivity contribution in [1.82, 2.24) is 0 Å². The molecule has 4 N–H and O–H groups in total. The topological polar surface area (TPSA) is 72.7 Å². The molecule has 2 aromatic rings. The molecule has 0 bridgehead atoms. The smallest absolute Gasteiger partial charge is 0.162 e. The van der Waals surface area contributed by atoms with E-state index in [2.05, 4.69) is 5.32 Å². The fourth-order valence-corrected chi connectivity index (χ4v) is 1.93. The number of nitrogens with one attached hydrogen (secondary N) is 1. The van der Waals surface area contributed by atoms with Crippen LogP contribution >= 0.6 is 0 Å². The summed E-state index contributed by atoms with van der Waals surface area (Å²) in [5.41, 5.74) is 2.20. The highest BCUT2D eigenvalue weighted by Gasteiger charge is 2.09. The van der Waals surface area contributed by atoms with Crippen LogP contribution in [0.25, 0.3) is 0 Å². The summed E-state index contributed by atoms with van der Waals surface area (Å²) in [6.07, 6.45) is -0.568. The summed E-state index contributed by atoms with van der Waals surface area (Å²) in [7, 11) is 0. The summed E-state index contributed by atoms with van der Waals surface area (Å²) < 4.78 is 0. The average Bonchev–Trinajstić information content (AvgIpc) is 2.40. The lowest BCUT2D eigenvalue weighted by Gasteiger charge is -2.14. The van der Waals surface area contributed by atoms with Gasteiger partial charge in [-0.2, -0.15) is 0 Å². The van der Waals surface area contributed by atoms with E-state index in [1.54, 1.807) is 19.1 Å². The molecule has 100 valence electrons. The van der Waals surface area contributed by atoms with Crippen LogP contribution in [0, 0.1) is 0 Å². The number of phenols is 2. The molecule has 1 atom stereocenters. The molecule has 1 unspecified atom stereocenters. The Kier molecular flexibility index (Phi) is 3.92. The maximum Gasteiger partial charge on any atom is 0.162 e. The van der Waals surface area contributed by atoms with Gasteiger partial charge in [-0.3, -0.25) is 0 Å². The molecule has 0 aliphatic heterocycles. The Bertz CT molecular complexity index is 567. The zero-order valence-corrected chi connectivity index (χ0v) is 10.7. The highest BCUT2D eigenvalue weighted by atomic mass is 16.3. The van der Waals surface area contributed by atoms with Crippen LogP contribution in [0.1, 0.15) is 24.2 Å². The van der Waals surface area contributed by atoms with Crippen molar-refractivity contribution in [3.05, 3.63) is 53.6 Å². The van der Waals surface area contributed by atoms with E-state index in [0.29, 0.717) is 12.1 Å². The molecule has 2 aromatic carbocycles. The normalized spacial score (nSPS) is 12.1. The molecule has 0 aliphatic rings. The number of aromatic hydroxyl groups is 2. The summed E-state index contributed by atoms with van der Waals surface area (Å²) in [6.45, 7) is 2.07. The summed E-state index contributed by atoms with van der Waals surface area (Å²) in [4.78, 5) is 0. The minimum Gasteiger partial charge on any atom is -0.504 e. The molecular weight excluding hydrogens is 242 g/mol. The van der Waals surface area contributed by atoms with Gasteiger partial charge in [-0.05, 0) is 19.1 Å². The van der Waals surface area contributed by atoms with Crippen molar-refractivity contribution in [3.8, 4) is 11.5 Å². The fourth-order valence-electron chi connectivity index (χ4n) is 1.93. The molecule has 0 amide bonds. The van der Waals surface area contributed by atoms with E-state index < -0.39 is 6.10 Å². The predicted molar refractivity (Wildman–Crippen MR) is 74.2 cm³/mol. The van der Waals surface area contributed by atoms with E-state index in [1.807, 2.05) is 24.3 Å². The monoisotopic (exact) mass is 259 g/mol. The van der Waals surface area contributed by atoms with Gasteiger partial charge in [0, 0.05) is 23.4 Å². The van der Waals surface area contributed by atoms with Crippen molar-refractivity contribution in [3.63, 3.8) is 0 Å². The van der Waals surface area contributed by atoms with Crippen LogP contribution in [0.15, 0.2) is 42.5 Å². The molecule has 0 spiro atoms. The van der Waals surface area contributed by atoms with Gasteiger partial charge in [0.05, 0.1) is 6.10 Å². The van der Waals surface area contributed by atoms with E-state index in [0.717, 1.165) is 11.3 Å². The number of anilines is 1. The van der Waals surface area contributed by atoms with Crippen molar-refractivity contribution in [2.45, 2.75) is 19.6 Å². The lowest BCUT2D eigenvalue weighted by molar-refractivity contribution is 0.200. The number of hydrogen-bond donors (Lipinski definition) is 4. The molecular formula is C15H17NO3. The first-order valence-corrected chi connectivity index (χ1v) is 6.10. The van der Waals surface area contributed by atoms with E-state index in [1.165, 1.54) is 6.07 Å². The lowest BCUT2D eigenvalue weighted by atomic mass is 10.1. The number of benzene rings is 2. The number of rotatable bonds is 4. The van der Waals surface area contributed by atoms with Gasteiger partial charge >= 0.3 is 0 Å². The van der Waals surface area contributed by atoms with Gasteiger partial charge in [0.1, 0.15) is 0 Å². The van der Waals surface area contributed by atoms with Crippen LogP contribution < -0.4 is 5.32 Å². The van der Waals surface area contributed by atoms with Gasteiger partial charge in [0.25, 0.3) is 0 Å². The number of phenolic OH excluding ortho intramolecular Hbond substituents is 2. The van der Waals surface area contributed by atoms with E-state index in [9.17, 15) is 15.3 Å². The third-order valence-corrected chi connectivity index (χ3v) is 2.98. The summed E-state index contributed by atoms with van der Waals surface area (Å²) >= 11 is 0. The minimum absolute atomic E-state index is 0.121. The number of aliphatic hydroxyl groups excluding tert-OH is 1. The molecule has 2 rings (SSSR count). The van der Waals surface area contributed by atoms with Crippen LogP contribution in [0.5, 0.6) is 11.5 Å². The van der Waals surface area contributed by atoms with Crippen LogP contribution in [-0.2, 0) is 6.54 Å².